The molecule has 4 aliphatic heterocycles. The number of amides is 1. The van der Waals surface area contributed by atoms with Crippen LogP contribution in [-0.2, 0) is 4.74 Å². The summed E-state index contributed by atoms with van der Waals surface area (Å²) in [7, 11) is 0. The summed E-state index contributed by atoms with van der Waals surface area (Å²) in [5.74, 6) is 3.06. The number of benzene rings is 2. The van der Waals surface area contributed by atoms with Crippen molar-refractivity contribution in [2.45, 2.75) is 76.1 Å². The fraction of sp³-hybridized carbons (Fsp3) is 0.436. The Kier molecular flexibility index (Phi) is 9.08. The van der Waals surface area contributed by atoms with Crippen molar-refractivity contribution in [1.82, 2.24) is 24.8 Å². The quantitative estimate of drug-likeness (QED) is 0.160. The maximum absolute atomic E-state index is 17.1. The van der Waals surface area contributed by atoms with Gasteiger partial charge in [0.05, 0.1) is 17.6 Å². The van der Waals surface area contributed by atoms with Crippen LogP contribution in [0.15, 0.2) is 54.2 Å². The van der Waals surface area contributed by atoms with E-state index in [0.717, 1.165) is 35.6 Å². The molecule has 0 radical (unpaired) electrons. The molecule has 4 aromatic rings. The fourth-order valence-corrected chi connectivity index (χ4v) is 9.19. The molecule has 13 heteroatoms. The van der Waals surface area contributed by atoms with Crippen LogP contribution in [0.25, 0.3) is 32.9 Å². The minimum atomic E-state index is -1.63. The van der Waals surface area contributed by atoms with Gasteiger partial charge in [0.15, 0.2) is 0 Å². The molecule has 1 amide bonds. The zero-order valence-corrected chi connectivity index (χ0v) is 33.9. The second kappa shape index (κ2) is 13.5. The van der Waals surface area contributed by atoms with Gasteiger partial charge in [-0.3, -0.25) is 9.80 Å². The van der Waals surface area contributed by atoms with Gasteiger partial charge in [-0.2, -0.15) is 8.78 Å². The van der Waals surface area contributed by atoms with Crippen LogP contribution in [-0.4, -0.2) is 113 Å². The van der Waals surface area contributed by atoms with Crippen molar-refractivity contribution in [3.63, 3.8) is 0 Å². The first-order chi connectivity index (χ1) is 24.9. The number of hydrogen-bond acceptors (Lipinski definition) is 8. The average molecular weight is 900 g/mol. The Morgan fingerprint density at radius 2 is 1.85 bits per heavy atom. The molecule has 3 atom stereocenters. The molecule has 4 aliphatic rings. The Labute approximate surface area is 316 Å². The molecule has 52 heavy (non-hydrogen) atoms. The molecular formula is C39H38F3N6O3Tl. The van der Waals surface area contributed by atoms with E-state index in [4.69, 9.17) is 19.4 Å². The van der Waals surface area contributed by atoms with Crippen LogP contribution >= 0.6 is 0 Å². The Morgan fingerprint density at radius 3 is 2.56 bits per heavy atom. The van der Waals surface area contributed by atoms with Gasteiger partial charge < -0.3 is 4.74 Å². The molecule has 2 bridgehead atoms. The van der Waals surface area contributed by atoms with E-state index in [2.05, 4.69) is 24.2 Å². The summed E-state index contributed by atoms with van der Waals surface area (Å²) >= 11 is 0.483. The second-order valence-corrected chi connectivity index (χ2v) is 16.4. The fourth-order valence-electron chi connectivity index (χ4n) is 8.59. The standard InChI is InChI=1S/C39H38F3N6O3.Tl/c1-5-23-9-6-10-24-11-7-12-28(30(23)24)32-31(40)33-29(18-43-32)35(46-20-26-13-14-27(21-46)48(26)37(49)51-38(2,3)4)45-36(44-33)50-22-39-15-8-16-47(39)19-25(17-39)34(41)42;/h6-7,9-12,18,26-27H,8,13-17,19-22H2,2-4H3;. The number of aromatic nitrogens is 3. The van der Waals surface area contributed by atoms with Crippen LogP contribution < -0.4 is 9.64 Å². The van der Waals surface area contributed by atoms with Gasteiger partial charge in [-0.25, -0.2) is 4.79 Å². The van der Waals surface area contributed by atoms with Crippen LogP contribution in [0, 0.1) is 15.2 Å². The summed E-state index contributed by atoms with van der Waals surface area (Å²) in [6.07, 6.45) is 3.04. The molecule has 6 heterocycles. The van der Waals surface area contributed by atoms with E-state index in [1.54, 1.807) is 6.20 Å². The summed E-state index contributed by atoms with van der Waals surface area (Å²) in [5.41, 5.74) is 0.509. The molecule has 4 fully saturated rings. The second-order valence-electron chi connectivity index (χ2n) is 15.2. The Balaban J connectivity index is 1.21. The van der Waals surface area contributed by atoms with Gasteiger partial charge in [-0.15, -0.1) is 0 Å². The monoisotopic (exact) mass is 900 g/mol. The summed E-state index contributed by atoms with van der Waals surface area (Å²) in [6, 6.07) is 11.3. The molecule has 9 nitrogen and oxygen atoms in total. The normalized spacial score (nSPS) is 22.8. The van der Waals surface area contributed by atoms with Gasteiger partial charge in [0.25, 0.3) is 6.08 Å². The van der Waals surface area contributed by atoms with E-state index in [1.807, 2.05) is 62.1 Å². The third-order valence-corrected chi connectivity index (χ3v) is 11.4. The summed E-state index contributed by atoms with van der Waals surface area (Å²) < 4.78 is 59.7. The average Bonchev–Trinajstić information content (AvgIpc) is 3.75. The number of nitrogens with zero attached hydrogens (tertiary/aromatic N) is 6. The minimum absolute atomic E-state index is 0.0266. The van der Waals surface area contributed by atoms with Crippen molar-refractivity contribution in [2.24, 2.45) is 0 Å². The van der Waals surface area contributed by atoms with Gasteiger partial charge >= 0.3 is 189 Å². The molecule has 0 aliphatic carbocycles. The van der Waals surface area contributed by atoms with Crippen molar-refractivity contribution in [3.05, 3.63) is 65.6 Å². The first-order valence-electron chi connectivity index (χ1n) is 17.7. The molecule has 0 spiro atoms. The van der Waals surface area contributed by atoms with Gasteiger partial charge in [-0.1, -0.05) is 0 Å². The van der Waals surface area contributed by atoms with E-state index < -0.39 is 23.0 Å². The van der Waals surface area contributed by atoms with Crippen molar-refractivity contribution >= 4 is 59.4 Å². The molecule has 2 aromatic carbocycles. The zero-order valence-electron chi connectivity index (χ0n) is 29.4. The van der Waals surface area contributed by atoms with E-state index >= 15 is 4.39 Å². The number of piperazine rings is 1. The van der Waals surface area contributed by atoms with Crippen molar-refractivity contribution < 1.29 is 27.4 Å². The Hall–Kier alpha value is -3.97. The Morgan fingerprint density at radius 1 is 1.10 bits per heavy atom. The molecule has 0 saturated carbocycles. The van der Waals surface area contributed by atoms with E-state index in [9.17, 15) is 13.6 Å². The predicted molar refractivity (Wildman–Crippen MR) is 193 cm³/mol. The first-order valence-corrected chi connectivity index (χ1v) is 20.0. The van der Waals surface area contributed by atoms with Crippen LogP contribution in [0.4, 0.5) is 23.8 Å². The van der Waals surface area contributed by atoms with Gasteiger partial charge in [0, 0.05) is 12.1 Å². The number of fused-ring (bicyclic) bond motifs is 5. The molecule has 3 unspecified atom stereocenters. The SMILES string of the molecule is CC(C)(C)OC(=O)N1C2CCC1CN(c1nc(OCC34CCCN3CC(=C(F)F)C4)nc3c(F)c(-c4cccc5cccc(C#[C][Tl])c45)ncc13)C2. The Bertz CT molecular complexity index is 2180. The van der Waals surface area contributed by atoms with Crippen LogP contribution in [0.1, 0.15) is 58.4 Å². The van der Waals surface area contributed by atoms with E-state index in [0.29, 0.717) is 68.6 Å². The van der Waals surface area contributed by atoms with E-state index in [1.165, 1.54) is 0 Å². The van der Waals surface area contributed by atoms with Crippen LogP contribution in [0.3, 0.4) is 0 Å². The number of carbonyl (C=O) groups excluding carboxylic acids is 1. The van der Waals surface area contributed by atoms with Crippen molar-refractivity contribution in [3.8, 4) is 26.7 Å². The number of hydrogen-bond donors (Lipinski definition) is 0. The van der Waals surface area contributed by atoms with Gasteiger partial charge in [0.2, 0.25) is 0 Å². The topological polar surface area (TPSA) is 83.9 Å². The first kappa shape index (κ1) is 35.1. The molecule has 266 valence electrons. The predicted octanol–water partition coefficient (Wildman–Crippen LogP) is 6.82. The van der Waals surface area contributed by atoms with Crippen molar-refractivity contribution in [1.29, 1.82) is 0 Å². The van der Waals surface area contributed by atoms with E-state index in [-0.39, 0.29) is 60.5 Å². The van der Waals surface area contributed by atoms with Crippen LogP contribution in [0.2, 0.25) is 0 Å². The maximum atomic E-state index is 17.1. The number of anilines is 1. The number of halogens is 3. The number of pyridine rings is 1. The third-order valence-electron chi connectivity index (χ3n) is 10.8. The molecule has 4 saturated heterocycles. The van der Waals surface area contributed by atoms with Crippen LogP contribution in [0.5, 0.6) is 6.01 Å². The van der Waals surface area contributed by atoms with Gasteiger partial charge in [-0.05, 0) is 59.4 Å². The summed E-state index contributed by atoms with van der Waals surface area (Å²) in [6.45, 7) is 7.49. The molecule has 8 rings (SSSR count). The summed E-state index contributed by atoms with van der Waals surface area (Å²) in [4.78, 5) is 33.4. The summed E-state index contributed by atoms with van der Waals surface area (Å²) in [5, 5.41) is 2.16. The number of carbonyl (C=O) groups is 1. The zero-order chi connectivity index (χ0) is 36.4. The van der Waals surface area contributed by atoms with Crippen molar-refractivity contribution in [2.75, 3.05) is 37.7 Å². The number of ether oxygens (including phenoxy) is 2. The number of rotatable bonds is 5. The molecule has 2 aromatic heterocycles. The molecule has 0 N–H and O–H groups in total. The molecular weight excluding hydrogens is 862 g/mol. The third kappa shape index (κ3) is 6.27. The van der Waals surface area contributed by atoms with Gasteiger partial charge in [0.1, 0.15) is 5.60 Å².